The zero-order valence-electron chi connectivity index (χ0n) is 14.8. The number of methoxy groups -OCH3 is 2. The van der Waals surface area contributed by atoms with Gasteiger partial charge in [-0.15, -0.1) is 10.2 Å². The lowest BCUT2D eigenvalue weighted by Crippen LogP contribution is -2.01. The average molecular weight is 473 g/mol. The summed E-state index contributed by atoms with van der Waals surface area (Å²) in [5.41, 5.74) is 1.57. The van der Waals surface area contributed by atoms with Gasteiger partial charge in [0, 0.05) is 11.3 Å². The molecule has 0 unspecified atom stereocenters. The fourth-order valence-corrected chi connectivity index (χ4v) is 3.92. The molecule has 0 saturated carbocycles. The molecule has 0 N–H and O–H groups in total. The van der Waals surface area contributed by atoms with E-state index >= 15 is 0 Å². The van der Waals surface area contributed by atoms with Gasteiger partial charge in [-0.25, -0.2) is 0 Å². The van der Waals surface area contributed by atoms with E-state index in [4.69, 9.17) is 13.9 Å². The fourth-order valence-electron chi connectivity index (χ4n) is 2.34. The molecule has 0 atom stereocenters. The molecular formula is C18H15BrF2N2O4S. The fraction of sp³-hybridized carbons (Fsp3) is 0.222. The number of hydrogen-bond acceptors (Lipinski definition) is 7. The van der Waals surface area contributed by atoms with Crippen LogP contribution in [-0.2, 0) is 5.75 Å². The van der Waals surface area contributed by atoms with Crippen LogP contribution in [0.5, 0.6) is 17.2 Å². The summed E-state index contributed by atoms with van der Waals surface area (Å²) in [5.74, 6) is 2.15. The van der Waals surface area contributed by atoms with Gasteiger partial charge in [0.15, 0.2) is 11.5 Å². The minimum absolute atomic E-state index is 0.0613. The van der Waals surface area contributed by atoms with Crippen LogP contribution >= 0.6 is 27.7 Å². The summed E-state index contributed by atoms with van der Waals surface area (Å²) in [5, 5.41) is 8.38. The van der Waals surface area contributed by atoms with E-state index in [9.17, 15) is 8.78 Å². The van der Waals surface area contributed by atoms with Crippen molar-refractivity contribution in [2.45, 2.75) is 17.6 Å². The molecule has 0 aliphatic heterocycles. The molecule has 0 fully saturated rings. The van der Waals surface area contributed by atoms with Crippen molar-refractivity contribution >= 4 is 27.7 Å². The second kappa shape index (κ2) is 9.24. The lowest BCUT2D eigenvalue weighted by Gasteiger charge is -2.12. The maximum Gasteiger partial charge on any atom is 0.387 e. The van der Waals surface area contributed by atoms with Gasteiger partial charge in [-0.2, -0.15) is 8.78 Å². The van der Waals surface area contributed by atoms with Gasteiger partial charge in [-0.1, -0.05) is 17.8 Å². The molecule has 6 nitrogen and oxygen atoms in total. The van der Waals surface area contributed by atoms with Crippen molar-refractivity contribution in [2.75, 3.05) is 14.2 Å². The van der Waals surface area contributed by atoms with Gasteiger partial charge in [-0.05, 0) is 51.8 Å². The summed E-state index contributed by atoms with van der Waals surface area (Å²) in [4.78, 5) is 0. The zero-order valence-corrected chi connectivity index (χ0v) is 17.2. The van der Waals surface area contributed by atoms with Crippen LogP contribution in [0.4, 0.5) is 8.78 Å². The maximum absolute atomic E-state index is 12.2. The Bertz CT molecular complexity index is 938. The van der Waals surface area contributed by atoms with Crippen LogP contribution < -0.4 is 14.2 Å². The minimum Gasteiger partial charge on any atom is -0.493 e. The van der Waals surface area contributed by atoms with Crippen LogP contribution in [0.15, 0.2) is 50.5 Å². The first kappa shape index (κ1) is 20.4. The number of rotatable bonds is 8. The van der Waals surface area contributed by atoms with Crippen molar-refractivity contribution in [3.63, 3.8) is 0 Å². The first-order chi connectivity index (χ1) is 13.5. The van der Waals surface area contributed by atoms with E-state index in [1.54, 1.807) is 26.4 Å². The van der Waals surface area contributed by atoms with Crippen molar-refractivity contribution in [3.05, 3.63) is 46.4 Å². The third-order valence-electron chi connectivity index (χ3n) is 3.65. The van der Waals surface area contributed by atoms with Crippen LogP contribution in [0, 0.1) is 0 Å². The van der Waals surface area contributed by atoms with E-state index in [0.29, 0.717) is 28.0 Å². The van der Waals surface area contributed by atoms with E-state index in [1.165, 1.54) is 23.9 Å². The third-order valence-corrected chi connectivity index (χ3v) is 5.39. The van der Waals surface area contributed by atoms with E-state index in [1.807, 2.05) is 12.1 Å². The van der Waals surface area contributed by atoms with Gasteiger partial charge in [-0.3, -0.25) is 0 Å². The lowest BCUT2D eigenvalue weighted by atomic mass is 10.2. The Labute approximate surface area is 172 Å². The summed E-state index contributed by atoms with van der Waals surface area (Å²) in [7, 11) is 3.15. The molecule has 3 aromatic rings. The van der Waals surface area contributed by atoms with E-state index in [2.05, 4.69) is 30.9 Å². The van der Waals surface area contributed by atoms with Crippen molar-refractivity contribution in [2.24, 2.45) is 0 Å². The molecule has 0 spiro atoms. The third kappa shape index (κ3) is 4.74. The highest BCUT2D eigenvalue weighted by molar-refractivity contribution is 9.10. The predicted octanol–water partition coefficient (Wildman–Crippen LogP) is 5.41. The van der Waals surface area contributed by atoms with Crippen molar-refractivity contribution < 1.29 is 27.4 Å². The average Bonchev–Trinajstić information content (AvgIpc) is 3.16. The van der Waals surface area contributed by atoms with Gasteiger partial charge < -0.3 is 18.6 Å². The number of hydrogen-bond donors (Lipinski definition) is 0. The normalized spacial score (nSPS) is 10.9. The van der Waals surface area contributed by atoms with Crippen LogP contribution in [0.2, 0.25) is 0 Å². The summed E-state index contributed by atoms with van der Waals surface area (Å²) in [6.07, 6.45) is 0. The Morgan fingerprint density at radius 3 is 2.46 bits per heavy atom. The van der Waals surface area contributed by atoms with Crippen LogP contribution in [0.1, 0.15) is 5.56 Å². The SMILES string of the molecule is COc1ccc(CSc2nnc(-c3ccc(OC(F)F)cc3)o2)c(Br)c1OC. The largest absolute Gasteiger partial charge is 0.493 e. The number of nitrogens with zero attached hydrogens (tertiary/aromatic N) is 2. The van der Waals surface area contributed by atoms with Crippen molar-refractivity contribution in [1.29, 1.82) is 0 Å². The minimum atomic E-state index is -2.87. The van der Waals surface area contributed by atoms with Gasteiger partial charge in [0.05, 0.1) is 18.7 Å². The Morgan fingerprint density at radius 2 is 1.82 bits per heavy atom. The number of alkyl halides is 2. The predicted molar refractivity (Wildman–Crippen MR) is 103 cm³/mol. The second-order valence-corrected chi connectivity index (χ2v) is 7.06. The molecule has 0 bridgehead atoms. The molecule has 0 radical (unpaired) electrons. The van der Waals surface area contributed by atoms with Gasteiger partial charge in [0.1, 0.15) is 5.75 Å². The first-order valence-corrected chi connectivity index (χ1v) is 9.70. The smallest absolute Gasteiger partial charge is 0.387 e. The molecule has 0 aliphatic carbocycles. The number of thioether (sulfide) groups is 1. The molecule has 0 aliphatic rings. The van der Waals surface area contributed by atoms with E-state index in [0.717, 1.165) is 10.0 Å². The van der Waals surface area contributed by atoms with Crippen molar-refractivity contribution in [1.82, 2.24) is 10.2 Å². The lowest BCUT2D eigenvalue weighted by molar-refractivity contribution is -0.0498. The summed E-state index contributed by atoms with van der Waals surface area (Å²) < 4.78 is 45.8. The highest BCUT2D eigenvalue weighted by Gasteiger charge is 2.15. The van der Waals surface area contributed by atoms with Gasteiger partial charge in [0.25, 0.3) is 5.22 Å². The number of aromatic nitrogens is 2. The topological polar surface area (TPSA) is 66.6 Å². The van der Waals surface area contributed by atoms with Gasteiger partial charge >= 0.3 is 6.61 Å². The van der Waals surface area contributed by atoms with Crippen LogP contribution in [0.3, 0.4) is 0 Å². The molecule has 148 valence electrons. The molecule has 28 heavy (non-hydrogen) atoms. The zero-order chi connectivity index (χ0) is 20.1. The molecule has 10 heteroatoms. The number of halogens is 3. The number of benzene rings is 2. The Balaban J connectivity index is 1.68. The Hall–Kier alpha value is -2.33. The standard InChI is InChI=1S/C18H15BrF2N2O4S/c1-24-13-8-5-11(14(19)15(13)25-2)9-28-18-23-22-16(27-18)10-3-6-12(7-4-10)26-17(20)21/h3-8,17H,9H2,1-2H3. The highest BCUT2D eigenvalue weighted by atomic mass is 79.9. The maximum atomic E-state index is 12.2. The summed E-state index contributed by atoms with van der Waals surface area (Å²) in [6.45, 7) is -2.87. The molecule has 3 rings (SSSR count). The van der Waals surface area contributed by atoms with Gasteiger partial charge in [0.2, 0.25) is 5.89 Å². The van der Waals surface area contributed by atoms with Crippen LogP contribution in [-0.4, -0.2) is 31.0 Å². The molecule has 1 aromatic heterocycles. The Morgan fingerprint density at radius 1 is 1.07 bits per heavy atom. The monoisotopic (exact) mass is 472 g/mol. The molecule has 1 heterocycles. The number of ether oxygens (including phenoxy) is 3. The molecule has 0 amide bonds. The van der Waals surface area contributed by atoms with E-state index in [-0.39, 0.29) is 11.6 Å². The molecule has 0 saturated heterocycles. The second-order valence-electron chi connectivity index (χ2n) is 5.34. The van der Waals surface area contributed by atoms with Crippen molar-refractivity contribution in [3.8, 4) is 28.7 Å². The molecular weight excluding hydrogens is 458 g/mol. The summed E-state index contributed by atoms with van der Waals surface area (Å²) in [6, 6.07) is 9.72. The summed E-state index contributed by atoms with van der Waals surface area (Å²) >= 11 is 4.88. The first-order valence-electron chi connectivity index (χ1n) is 7.92. The van der Waals surface area contributed by atoms with E-state index < -0.39 is 6.61 Å². The molecule has 2 aromatic carbocycles. The quantitative estimate of drug-likeness (QED) is 0.406. The van der Waals surface area contributed by atoms with Crippen LogP contribution in [0.25, 0.3) is 11.5 Å². The highest BCUT2D eigenvalue weighted by Crippen LogP contribution is 2.39. The Kier molecular flexibility index (Phi) is 6.74.